The quantitative estimate of drug-likeness (QED) is 0.550. The van der Waals surface area contributed by atoms with Gasteiger partial charge in [-0.05, 0) is 29.9 Å². The first-order valence-electron chi connectivity index (χ1n) is 7.42. The topological polar surface area (TPSA) is 41.5 Å². The Labute approximate surface area is 126 Å². The molecule has 2 aromatic rings. The van der Waals surface area contributed by atoms with E-state index in [1.807, 2.05) is 48.5 Å². The molecule has 0 radical (unpaired) electrons. The van der Waals surface area contributed by atoms with Gasteiger partial charge in [0.1, 0.15) is 0 Å². The summed E-state index contributed by atoms with van der Waals surface area (Å²) in [6, 6.07) is 20.4. The number of hydrogen-bond donors (Lipinski definition) is 2. The molecule has 0 amide bonds. The van der Waals surface area contributed by atoms with E-state index in [4.69, 9.17) is 4.84 Å². The zero-order valence-corrected chi connectivity index (χ0v) is 12.2. The van der Waals surface area contributed by atoms with Crippen molar-refractivity contribution in [2.75, 3.05) is 13.2 Å². The lowest BCUT2D eigenvalue weighted by molar-refractivity contribution is 0.0133. The molecule has 0 aromatic heterocycles. The van der Waals surface area contributed by atoms with Crippen LogP contribution in [0.3, 0.4) is 0 Å². The first kappa shape index (κ1) is 15.7. The molecule has 0 fully saturated rings. The Bertz CT molecular complexity index is 487. The Morgan fingerprint density at radius 3 is 2.14 bits per heavy atom. The standard InChI is InChI=1S/C18H23NO2/c20-14-18(12-11-16-7-3-1-4-8-16)13-19-21-15-17-9-5-2-6-10-17/h1-10,18-20H,11-15H2/t18-/m1/s1. The molecular weight excluding hydrogens is 262 g/mol. The summed E-state index contributed by atoms with van der Waals surface area (Å²) in [5.41, 5.74) is 5.40. The second-order valence-corrected chi connectivity index (χ2v) is 5.20. The van der Waals surface area contributed by atoms with E-state index in [2.05, 4.69) is 17.6 Å². The SMILES string of the molecule is OC[C@H](CCc1ccccc1)CNOCc1ccccc1. The highest BCUT2D eigenvalue weighted by molar-refractivity contribution is 5.14. The van der Waals surface area contributed by atoms with E-state index in [1.54, 1.807) is 0 Å². The molecule has 0 aliphatic carbocycles. The predicted octanol–water partition coefficient (Wildman–Crippen LogP) is 2.95. The Hall–Kier alpha value is -1.68. The van der Waals surface area contributed by atoms with Crippen LogP contribution in [0.4, 0.5) is 0 Å². The molecule has 21 heavy (non-hydrogen) atoms. The minimum absolute atomic E-state index is 0.175. The summed E-state index contributed by atoms with van der Waals surface area (Å²) >= 11 is 0. The van der Waals surface area contributed by atoms with Crippen molar-refractivity contribution >= 4 is 0 Å². The maximum absolute atomic E-state index is 9.42. The minimum Gasteiger partial charge on any atom is -0.396 e. The fraction of sp³-hybridized carbons (Fsp3) is 0.333. The summed E-state index contributed by atoms with van der Waals surface area (Å²) in [6.45, 7) is 1.38. The summed E-state index contributed by atoms with van der Waals surface area (Å²) in [5.74, 6) is 0.209. The van der Waals surface area contributed by atoms with Crippen molar-refractivity contribution in [1.29, 1.82) is 0 Å². The van der Waals surface area contributed by atoms with Crippen LogP contribution in [0.15, 0.2) is 60.7 Å². The van der Waals surface area contributed by atoms with Crippen molar-refractivity contribution in [3.8, 4) is 0 Å². The molecule has 0 spiro atoms. The Morgan fingerprint density at radius 2 is 1.52 bits per heavy atom. The van der Waals surface area contributed by atoms with Crippen LogP contribution < -0.4 is 5.48 Å². The van der Waals surface area contributed by atoms with Crippen LogP contribution in [0.1, 0.15) is 17.5 Å². The smallest absolute Gasteiger partial charge is 0.0933 e. The highest BCUT2D eigenvalue weighted by atomic mass is 16.6. The molecule has 0 saturated heterocycles. The molecule has 2 aromatic carbocycles. The average Bonchev–Trinajstić information content (AvgIpc) is 2.56. The van der Waals surface area contributed by atoms with Crippen LogP contribution >= 0.6 is 0 Å². The largest absolute Gasteiger partial charge is 0.396 e. The fourth-order valence-corrected chi connectivity index (χ4v) is 2.16. The average molecular weight is 285 g/mol. The summed E-state index contributed by atoms with van der Waals surface area (Å²) in [7, 11) is 0. The number of rotatable bonds is 9. The number of aryl methyl sites for hydroxylation is 1. The molecule has 1 atom stereocenters. The molecule has 0 aliphatic heterocycles. The molecule has 3 nitrogen and oxygen atoms in total. The molecule has 0 saturated carbocycles. The molecule has 112 valence electrons. The molecule has 2 rings (SSSR count). The lowest BCUT2D eigenvalue weighted by Gasteiger charge is -2.15. The van der Waals surface area contributed by atoms with Gasteiger partial charge in [-0.1, -0.05) is 60.7 Å². The highest BCUT2D eigenvalue weighted by Crippen LogP contribution is 2.09. The van der Waals surface area contributed by atoms with Crippen LogP contribution in [-0.4, -0.2) is 18.3 Å². The second kappa shape index (κ2) is 9.29. The summed E-state index contributed by atoms with van der Waals surface area (Å²) in [4.78, 5) is 5.44. The monoisotopic (exact) mass is 285 g/mol. The third kappa shape index (κ3) is 6.08. The lowest BCUT2D eigenvalue weighted by Crippen LogP contribution is -2.25. The van der Waals surface area contributed by atoms with Gasteiger partial charge in [-0.15, -0.1) is 0 Å². The lowest BCUT2D eigenvalue weighted by atomic mass is 10.0. The Morgan fingerprint density at radius 1 is 0.905 bits per heavy atom. The summed E-state index contributed by atoms with van der Waals surface area (Å²) in [5, 5.41) is 9.42. The van der Waals surface area contributed by atoms with Gasteiger partial charge in [0, 0.05) is 13.2 Å². The first-order valence-corrected chi connectivity index (χ1v) is 7.42. The Kier molecular flexibility index (Phi) is 6.95. The molecule has 2 N–H and O–H groups in total. The second-order valence-electron chi connectivity index (χ2n) is 5.20. The van der Waals surface area contributed by atoms with Gasteiger partial charge in [-0.3, -0.25) is 4.84 Å². The molecule has 3 heteroatoms. The van der Waals surface area contributed by atoms with Gasteiger partial charge >= 0.3 is 0 Å². The maximum Gasteiger partial charge on any atom is 0.0933 e. The number of aliphatic hydroxyl groups is 1. The fourth-order valence-electron chi connectivity index (χ4n) is 2.16. The van der Waals surface area contributed by atoms with Crippen LogP contribution in [0.2, 0.25) is 0 Å². The molecule has 0 unspecified atom stereocenters. The van der Waals surface area contributed by atoms with Crippen LogP contribution in [0.25, 0.3) is 0 Å². The Balaban J connectivity index is 1.63. The maximum atomic E-state index is 9.42. The molecule has 0 aliphatic rings. The van der Waals surface area contributed by atoms with Crippen molar-refractivity contribution < 1.29 is 9.94 Å². The minimum atomic E-state index is 0.175. The van der Waals surface area contributed by atoms with Gasteiger partial charge in [-0.2, -0.15) is 0 Å². The third-order valence-electron chi connectivity index (χ3n) is 3.50. The number of benzene rings is 2. The van der Waals surface area contributed by atoms with Gasteiger partial charge < -0.3 is 5.11 Å². The van der Waals surface area contributed by atoms with Crippen molar-refractivity contribution in [3.05, 3.63) is 71.8 Å². The van der Waals surface area contributed by atoms with E-state index in [-0.39, 0.29) is 12.5 Å². The number of nitrogens with one attached hydrogen (secondary N) is 1. The zero-order chi connectivity index (χ0) is 14.8. The van der Waals surface area contributed by atoms with Gasteiger partial charge in [0.2, 0.25) is 0 Å². The van der Waals surface area contributed by atoms with Gasteiger partial charge in [0.15, 0.2) is 0 Å². The molecule has 0 heterocycles. The summed E-state index contributed by atoms with van der Waals surface area (Å²) < 4.78 is 0. The van der Waals surface area contributed by atoms with Crippen molar-refractivity contribution in [2.45, 2.75) is 19.4 Å². The van der Waals surface area contributed by atoms with Gasteiger partial charge in [0.05, 0.1) is 6.61 Å². The van der Waals surface area contributed by atoms with E-state index < -0.39 is 0 Å². The van der Waals surface area contributed by atoms with E-state index in [1.165, 1.54) is 5.56 Å². The van der Waals surface area contributed by atoms with Crippen molar-refractivity contribution in [3.63, 3.8) is 0 Å². The van der Waals surface area contributed by atoms with E-state index >= 15 is 0 Å². The van der Waals surface area contributed by atoms with Crippen molar-refractivity contribution in [1.82, 2.24) is 5.48 Å². The predicted molar refractivity (Wildman–Crippen MR) is 84.6 cm³/mol. The van der Waals surface area contributed by atoms with Gasteiger partial charge in [-0.25, -0.2) is 5.48 Å². The zero-order valence-electron chi connectivity index (χ0n) is 12.2. The van der Waals surface area contributed by atoms with E-state index in [0.717, 1.165) is 18.4 Å². The van der Waals surface area contributed by atoms with E-state index in [9.17, 15) is 5.11 Å². The van der Waals surface area contributed by atoms with Crippen LogP contribution in [-0.2, 0) is 17.9 Å². The van der Waals surface area contributed by atoms with Crippen LogP contribution in [0, 0.1) is 5.92 Å². The third-order valence-corrected chi connectivity index (χ3v) is 3.50. The highest BCUT2D eigenvalue weighted by Gasteiger charge is 2.07. The number of hydrogen-bond acceptors (Lipinski definition) is 3. The van der Waals surface area contributed by atoms with Crippen LogP contribution in [0.5, 0.6) is 0 Å². The molecule has 0 bridgehead atoms. The normalized spacial score (nSPS) is 12.2. The number of hydroxylamine groups is 1. The number of aliphatic hydroxyl groups excluding tert-OH is 1. The first-order chi connectivity index (χ1) is 10.4. The summed E-state index contributed by atoms with van der Waals surface area (Å²) in [6.07, 6.45) is 1.93. The van der Waals surface area contributed by atoms with Gasteiger partial charge in [0.25, 0.3) is 0 Å². The van der Waals surface area contributed by atoms with E-state index in [0.29, 0.717) is 13.2 Å². The van der Waals surface area contributed by atoms with Crippen molar-refractivity contribution in [2.24, 2.45) is 5.92 Å². The molecular formula is C18H23NO2.